The van der Waals surface area contributed by atoms with Gasteiger partial charge in [0.1, 0.15) is 12.6 Å². The van der Waals surface area contributed by atoms with Crippen LogP contribution in [0.2, 0.25) is 0 Å². The van der Waals surface area contributed by atoms with Crippen LogP contribution in [0.5, 0.6) is 0 Å². The van der Waals surface area contributed by atoms with Crippen molar-refractivity contribution in [2.75, 3.05) is 6.54 Å². The minimum absolute atomic E-state index is 0.0168. The number of hydrogen-bond donors (Lipinski definition) is 4. The number of nitrogens with one attached hydrogen (secondary N) is 1. The number of alkyl carbamates (subject to hydrolysis) is 1. The molecule has 0 aromatic heterocycles. The lowest BCUT2D eigenvalue weighted by atomic mass is 10.0. The summed E-state index contributed by atoms with van der Waals surface area (Å²) in [6.45, 7) is -0.0796. The number of aliphatic carboxylic acids is 1. The van der Waals surface area contributed by atoms with E-state index in [1.807, 2.05) is 0 Å². The van der Waals surface area contributed by atoms with Crippen LogP contribution in [0.15, 0.2) is 65.7 Å². The number of hydrogen-bond acceptors (Lipinski definition) is 7. The Morgan fingerprint density at radius 2 is 1.64 bits per heavy atom. The molecule has 2 aromatic rings. The maximum absolute atomic E-state index is 13.3. The summed E-state index contributed by atoms with van der Waals surface area (Å²) in [5, 5.41) is 22.7. The molecule has 0 aliphatic heterocycles. The topological polar surface area (TPSA) is 203 Å². The highest BCUT2D eigenvalue weighted by Gasteiger charge is 2.42. The average molecular weight is 501 g/mol. The SMILES string of the molecule is NC(N)=NCCC[C@@H](C(=O)O)N(C(=O)[C@H](Cc1ccccc1)NC(=O)OCc1ccccc1)[N+](=O)[O-]. The Labute approximate surface area is 206 Å². The van der Waals surface area contributed by atoms with E-state index in [4.69, 9.17) is 16.2 Å². The first-order valence-corrected chi connectivity index (χ1v) is 11.0. The van der Waals surface area contributed by atoms with Crippen LogP contribution in [0.4, 0.5) is 4.79 Å². The summed E-state index contributed by atoms with van der Waals surface area (Å²) in [4.78, 5) is 53.1. The molecule has 0 unspecified atom stereocenters. The van der Waals surface area contributed by atoms with Crippen LogP contribution in [0.25, 0.3) is 0 Å². The summed E-state index contributed by atoms with van der Waals surface area (Å²) in [6.07, 6.45) is -1.36. The van der Waals surface area contributed by atoms with Gasteiger partial charge in [0.2, 0.25) is 0 Å². The molecule has 0 spiro atoms. The molecule has 0 saturated heterocycles. The largest absolute Gasteiger partial charge is 0.480 e. The summed E-state index contributed by atoms with van der Waals surface area (Å²) >= 11 is 0. The number of amides is 2. The molecule has 2 atom stereocenters. The molecule has 0 aliphatic rings. The van der Waals surface area contributed by atoms with Crippen molar-refractivity contribution in [3.05, 3.63) is 81.9 Å². The van der Waals surface area contributed by atoms with E-state index in [9.17, 15) is 29.6 Å². The number of hydrazine groups is 1. The highest BCUT2D eigenvalue weighted by molar-refractivity contribution is 5.88. The highest BCUT2D eigenvalue weighted by atomic mass is 16.7. The van der Waals surface area contributed by atoms with Crippen LogP contribution in [0.1, 0.15) is 24.0 Å². The van der Waals surface area contributed by atoms with Gasteiger partial charge in [-0.1, -0.05) is 60.7 Å². The first kappa shape index (κ1) is 27.6. The maximum Gasteiger partial charge on any atom is 0.408 e. The standard InChI is InChI=1S/C23H28N6O7/c24-22(25)26-13-7-12-19(21(31)32)28(29(34)35)20(30)18(14-16-8-3-1-4-9-16)27-23(33)36-15-17-10-5-2-6-11-17/h1-6,8-11,18-19H,7,12-15H2,(H,27,33)(H,31,32)(H4,24,25,26)/t18-,19-/m0/s1. The lowest BCUT2D eigenvalue weighted by Crippen LogP contribution is -2.56. The van der Waals surface area contributed by atoms with Crippen molar-refractivity contribution in [2.24, 2.45) is 16.5 Å². The van der Waals surface area contributed by atoms with Gasteiger partial charge in [0, 0.05) is 13.0 Å². The number of carbonyl (C=O) groups excluding carboxylic acids is 2. The van der Waals surface area contributed by atoms with Crippen molar-refractivity contribution in [1.29, 1.82) is 0 Å². The molecule has 0 radical (unpaired) electrons. The number of carbonyl (C=O) groups is 3. The molecule has 0 bridgehead atoms. The van der Waals surface area contributed by atoms with Crippen molar-refractivity contribution in [2.45, 2.75) is 38.0 Å². The fraction of sp³-hybridized carbons (Fsp3) is 0.304. The number of benzene rings is 2. The predicted octanol–water partition coefficient (Wildman–Crippen LogP) is 1.05. The number of carboxylic acid groups (broad SMARTS) is 1. The summed E-state index contributed by atoms with van der Waals surface area (Å²) in [7, 11) is 0. The van der Waals surface area contributed by atoms with E-state index in [1.54, 1.807) is 60.7 Å². The number of nitrogens with zero attached hydrogens (tertiary/aromatic N) is 3. The zero-order valence-corrected chi connectivity index (χ0v) is 19.4. The molecule has 0 aliphatic carbocycles. The summed E-state index contributed by atoms with van der Waals surface area (Å²) in [6, 6.07) is 13.9. The fourth-order valence-corrected chi connectivity index (χ4v) is 3.31. The van der Waals surface area contributed by atoms with Crippen LogP contribution in [0.3, 0.4) is 0 Å². The molecule has 13 heteroatoms. The number of rotatable bonds is 13. The van der Waals surface area contributed by atoms with Gasteiger partial charge in [-0.05, 0) is 29.0 Å². The summed E-state index contributed by atoms with van der Waals surface area (Å²) in [5.41, 5.74) is 11.7. The van der Waals surface area contributed by atoms with Crippen molar-refractivity contribution in [3.8, 4) is 0 Å². The first-order chi connectivity index (χ1) is 17.2. The van der Waals surface area contributed by atoms with Crippen LogP contribution >= 0.6 is 0 Å². The average Bonchev–Trinajstić information content (AvgIpc) is 2.84. The zero-order valence-electron chi connectivity index (χ0n) is 19.4. The lowest BCUT2D eigenvalue weighted by Gasteiger charge is -2.24. The Hall–Kier alpha value is -4.68. The molecule has 36 heavy (non-hydrogen) atoms. The van der Waals surface area contributed by atoms with Crippen molar-refractivity contribution in [3.63, 3.8) is 0 Å². The van der Waals surface area contributed by atoms with Gasteiger partial charge < -0.3 is 26.6 Å². The van der Waals surface area contributed by atoms with E-state index >= 15 is 0 Å². The van der Waals surface area contributed by atoms with Crippen LogP contribution in [-0.2, 0) is 27.4 Å². The monoisotopic (exact) mass is 500 g/mol. The smallest absolute Gasteiger partial charge is 0.408 e. The van der Waals surface area contributed by atoms with E-state index in [-0.39, 0.29) is 43.4 Å². The van der Waals surface area contributed by atoms with E-state index in [0.29, 0.717) is 11.1 Å². The highest BCUT2D eigenvalue weighted by Crippen LogP contribution is 2.14. The fourth-order valence-electron chi connectivity index (χ4n) is 3.31. The lowest BCUT2D eigenvalue weighted by molar-refractivity contribution is -0.640. The van der Waals surface area contributed by atoms with E-state index in [1.165, 1.54) is 0 Å². The zero-order chi connectivity index (χ0) is 26.5. The van der Waals surface area contributed by atoms with Gasteiger partial charge in [-0.15, -0.1) is 0 Å². The van der Waals surface area contributed by atoms with Gasteiger partial charge in [0.15, 0.2) is 17.0 Å². The number of carboxylic acids is 1. The molecular formula is C23H28N6O7. The van der Waals surface area contributed by atoms with Gasteiger partial charge in [0.25, 0.3) is 0 Å². The quantitative estimate of drug-likeness (QED) is 0.102. The molecule has 0 fully saturated rings. The normalized spacial score (nSPS) is 12.0. The number of guanidine groups is 1. The van der Waals surface area contributed by atoms with Crippen LogP contribution in [-0.4, -0.2) is 57.7 Å². The second-order valence-electron chi connectivity index (χ2n) is 7.67. The number of nitro groups is 1. The Bertz CT molecular complexity index is 1060. The van der Waals surface area contributed by atoms with Crippen LogP contribution in [0, 0.1) is 10.1 Å². The summed E-state index contributed by atoms with van der Waals surface area (Å²) in [5.74, 6) is -3.02. The molecular weight excluding hydrogens is 472 g/mol. The van der Waals surface area contributed by atoms with Crippen molar-refractivity contribution >= 4 is 23.9 Å². The third kappa shape index (κ3) is 8.93. The minimum atomic E-state index is -1.82. The van der Waals surface area contributed by atoms with Crippen molar-refractivity contribution in [1.82, 2.24) is 10.3 Å². The molecule has 2 rings (SSSR count). The summed E-state index contributed by atoms with van der Waals surface area (Å²) < 4.78 is 5.15. The molecule has 2 amide bonds. The third-order valence-corrected chi connectivity index (χ3v) is 5.00. The number of ether oxygens (including phenoxy) is 1. The first-order valence-electron chi connectivity index (χ1n) is 11.0. The van der Waals surface area contributed by atoms with Crippen molar-refractivity contribution < 1.29 is 29.3 Å². The Kier molecular flexibility index (Phi) is 10.6. The van der Waals surface area contributed by atoms with Gasteiger partial charge in [-0.2, -0.15) is 0 Å². The molecule has 192 valence electrons. The Balaban J connectivity index is 2.23. The van der Waals surface area contributed by atoms with Gasteiger partial charge in [-0.25, -0.2) is 19.7 Å². The second-order valence-corrected chi connectivity index (χ2v) is 7.67. The van der Waals surface area contributed by atoms with E-state index < -0.39 is 35.1 Å². The molecule has 0 heterocycles. The maximum atomic E-state index is 13.3. The molecule has 13 nitrogen and oxygen atoms in total. The van der Waals surface area contributed by atoms with Crippen LogP contribution < -0.4 is 16.8 Å². The Morgan fingerprint density at radius 1 is 1.06 bits per heavy atom. The van der Waals surface area contributed by atoms with E-state index in [0.717, 1.165) is 0 Å². The van der Waals surface area contributed by atoms with E-state index in [2.05, 4.69) is 10.3 Å². The predicted molar refractivity (Wildman–Crippen MR) is 129 cm³/mol. The minimum Gasteiger partial charge on any atom is -0.480 e. The van der Waals surface area contributed by atoms with Gasteiger partial charge in [0.05, 0.1) is 0 Å². The Morgan fingerprint density at radius 3 is 2.17 bits per heavy atom. The van der Waals surface area contributed by atoms with Gasteiger partial charge in [-0.3, -0.25) is 9.79 Å². The third-order valence-electron chi connectivity index (χ3n) is 5.00. The number of aliphatic imine (C=N–C) groups is 1. The molecule has 2 aromatic carbocycles. The second kappa shape index (κ2) is 13.9. The molecule has 6 N–H and O–H groups in total. The molecule has 0 saturated carbocycles. The number of nitrogens with two attached hydrogens (primary N) is 2. The van der Waals surface area contributed by atoms with Gasteiger partial charge >= 0.3 is 18.0 Å².